The molecule has 45 heavy (non-hydrogen) atoms. The first kappa shape index (κ1) is 35.9. The van der Waals surface area contributed by atoms with Crippen molar-refractivity contribution >= 4 is 68.0 Å². The number of benzene rings is 2. The Kier molecular flexibility index (Phi) is 11.1. The lowest BCUT2D eigenvalue weighted by Crippen LogP contribution is -2.41. The maximum atomic E-state index is 15.7. The molecule has 0 atom stereocenters. The number of aromatic nitrogens is 1. The number of anilines is 4. The molecule has 246 valence electrons. The third-order valence-corrected chi connectivity index (χ3v) is 8.20. The fourth-order valence-electron chi connectivity index (χ4n) is 3.75. The van der Waals surface area contributed by atoms with Gasteiger partial charge in [0.25, 0.3) is 10.0 Å². The highest BCUT2D eigenvalue weighted by Gasteiger charge is 2.38. The fourth-order valence-corrected chi connectivity index (χ4v) is 5.96. The quantitative estimate of drug-likeness (QED) is 0.248. The van der Waals surface area contributed by atoms with Crippen LogP contribution >= 0.6 is 22.9 Å². The first-order chi connectivity index (χ1) is 20.7. The maximum absolute atomic E-state index is 15.7. The van der Waals surface area contributed by atoms with Crippen molar-refractivity contribution in [2.24, 2.45) is 0 Å². The summed E-state index contributed by atoms with van der Waals surface area (Å²) in [6.07, 6.45) is -2.04. The minimum atomic E-state index is -4.92. The Hall–Kier alpha value is -3.53. The van der Waals surface area contributed by atoms with Crippen molar-refractivity contribution < 1.29 is 36.3 Å². The molecule has 3 aromatic rings. The summed E-state index contributed by atoms with van der Waals surface area (Å²) in [6.45, 7) is 10.2. The number of hydrogen-bond acceptors (Lipinski definition) is 10. The number of sulfonamides is 1. The number of carbonyl (C=O) groups excluding carboxylic acids is 2. The molecule has 0 bridgehead atoms. The summed E-state index contributed by atoms with van der Waals surface area (Å²) >= 11 is 7.48. The predicted octanol–water partition coefficient (Wildman–Crippen LogP) is 7.25. The van der Waals surface area contributed by atoms with Gasteiger partial charge in [0.05, 0.1) is 27.6 Å². The molecular formula is C29H36ClF2N5O6S2. The van der Waals surface area contributed by atoms with Crippen molar-refractivity contribution in [3.63, 3.8) is 0 Å². The Bertz CT molecular complexity index is 1640. The molecule has 0 saturated carbocycles. The number of nitrogens with zero attached hydrogens (tertiary/aromatic N) is 4. The monoisotopic (exact) mass is 687 g/mol. The van der Waals surface area contributed by atoms with Crippen LogP contribution in [0.2, 0.25) is 5.02 Å². The fraction of sp³-hybridized carbons (Fsp3) is 0.414. The van der Waals surface area contributed by atoms with Gasteiger partial charge in [0.15, 0.2) is 5.82 Å². The molecule has 0 saturated heterocycles. The molecule has 0 aliphatic carbocycles. The van der Waals surface area contributed by atoms with Gasteiger partial charge in [0.2, 0.25) is 0 Å². The van der Waals surface area contributed by atoms with Gasteiger partial charge < -0.3 is 19.7 Å². The summed E-state index contributed by atoms with van der Waals surface area (Å²) < 4.78 is 68.6. The van der Waals surface area contributed by atoms with E-state index < -0.39 is 49.9 Å². The minimum Gasteiger partial charge on any atom is -0.443 e. The van der Waals surface area contributed by atoms with Gasteiger partial charge in [0.1, 0.15) is 27.7 Å². The number of thiazole rings is 1. The lowest BCUT2D eigenvalue weighted by atomic mass is 10.2. The molecule has 1 aromatic heterocycles. The van der Waals surface area contributed by atoms with Gasteiger partial charge >= 0.3 is 12.2 Å². The van der Waals surface area contributed by atoms with Gasteiger partial charge in [-0.3, -0.25) is 4.90 Å². The molecule has 0 fully saturated rings. The van der Waals surface area contributed by atoms with Gasteiger partial charge in [0, 0.05) is 24.5 Å². The van der Waals surface area contributed by atoms with E-state index in [1.807, 2.05) is 4.90 Å². The summed E-state index contributed by atoms with van der Waals surface area (Å²) in [6, 6.07) is 5.20. The van der Waals surface area contributed by atoms with Gasteiger partial charge in [-0.05, 0) is 79.9 Å². The summed E-state index contributed by atoms with van der Waals surface area (Å²) in [7, 11) is -1.32. The van der Waals surface area contributed by atoms with Crippen LogP contribution in [0, 0.1) is 11.6 Å². The van der Waals surface area contributed by atoms with Crippen molar-refractivity contribution in [2.45, 2.75) is 57.6 Å². The average molecular weight is 688 g/mol. The van der Waals surface area contributed by atoms with Gasteiger partial charge in [-0.1, -0.05) is 11.6 Å². The summed E-state index contributed by atoms with van der Waals surface area (Å²) in [5.74, 6) is -2.20. The Morgan fingerprint density at radius 1 is 0.956 bits per heavy atom. The number of ether oxygens (including phenoxy) is 2. The van der Waals surface area contributed by atoms with Crippen molar-refractivity contribution in [2.75, 3.05) is 41.7 Å². The largest absolute Gasteiger partial charge is 0.443 e. The first-order valence-electron chi connectivity index (χ1n) is 13.6. The Labute approximate surface area is 270 Å². The molecule has 16 heteroatoms. The van der Waals surface area contributed by atoms with E-state index in [4.69, 9.17) is 21.1 Å². The molecule has 2 amide bonds. The van der Waals surface area contributed by atoms with Crippen molar-refractivity contribution in [1.82, 2.24) is 9.88 Å². The van der Waals surface area contributed by atoms with E-state index in [0.717, 1.165) is 35.6 Å². The average Bonchev–Trinajstić information content (AvgIpc) is 3.39. The third-order valence-electron chi connectivity index (χ3n) is 5.63. The lowest BCUT2D eigenvalue weighted by molar-refractivity contribution is 0.0574. The van der Waals surface area contributed by atoms with Gasteiger partial charge in [-0.2, -0.15) is 0 Å². The third kappa shape index (κ3) is 9.48. The van der Waals surface area contributed by atoms with Crippen LogP contribution in [0.5, 0.6) is 0 Å². The summed E-state index contributed by atoms with van der Waals surface area (Å²) in [4.78, 5) is 32.2. The van der Waals surface area contributed by atoms with Crippen LogP contribution in [-0.2, 0) is 19.5 Å². The van der Waals surface area contributed by atoms with Crippen LogP contribution in [0.3, 0.4) is 0 Å². The highest BCUT2D eigenvalue weighted by atomic mass is 35.5. The van der Waals surface area contributed by atoms with Crippen LogP contribution < -0.4 is 14.5 Å². The number of halogens is 3. The molecular weight excluding hydrogens is 652 g/mol. The van der Waals surface area contributed by atoms with Crippen LogP contribution in [0.4, 0.5) is 41.2 Å². The van der Waals surface area contributed by atoms with Crippen molar-refractivity contribution in [3.8, 4) is 0 Å². The second-order valence-electron chi connectivity index (χ2n) is 12.1. The second-order valence-corrected chi connectivity index (χ2v) is 15.0. The molecule has 3 rings (SSSR count). The lowest BCUT2D eigenvalue weighted by Gasteiger charge is -2.30. The molecule has 0 spiro atoms. The normalized spacial score (nSPS) is 12.2. The molecule has 11 nitrogen and oxygen atoms in total. The summed E-state index contributed by atoms with van der Waals surface area (Å²) in [5, 5.41) is 3.90. The number of nitrogens with one attached hydrogen (secondary N) is 1. The Morgan fingerprint density at radius 3 is 2.13 bits per heavy atom. The zero-order valence-electron chi connectivity index (χ0n) is 26.1. The number of rotatable bonds is 9. The van der Waals surface area contributed by atoms with Gasteiger partial charge in [-0.15, -0.1) is 15.6 Å². The van der Waals surface area contributed by atoms with E-state index >= 15 is 4.39 Å². The highest BCUT2D eigenvalue weighted by molar-refractivity contribution is 7.93. The standard InChI is InChI=1S/C29H36ClF2N5O6S2/c1-28(2,3)42-26(38)36(12-11-35(7)8)23-13-18(31)9-10-21(23)34-22-15-20(32)24(14-19(22)30)45(40,41)37(25-16-44-17-33-25)27(39)43-29(4,5)6/h9-10,13-17,34H,11-12H2,1-8H3. The molecule has 2 aromatic carbocycles. The first-order valence-corrected chi connectivity index (χ1v) is 16.3. The summed E-state index contributed by atoms with van der Waals surface area (Å²) in [5.41, 5.74) is -0.506. The smallest absolute Gasteiger partial charge is 0.430 e. The van der Waals surface area contributed by atoms with E-state index in [2.05, 4.69) is 10.3 Å². The van der Waals surface area contributed by atoms with E-state index in [1.54, 1.807) is 55.6 Å². The Balaban J connectivity index is 2.07. The highest BCUT2D eigenvalue weighted by Crippen LogP contribution is 2.37. The van der Waals surface area contributed by atoms with Gasteiger partial charge in [-0.25, -0.2) is 31.8 Å². The van der Waals surface area contributed by atoms with E-state index in [9.17, 15) is 22.4 Å². The molecule has 1 heterocycles. The molecule has 0 aliphatic heterocycles. The van der Waals surface area contributed by atoms with Crippen molar-refractivity contribution in [3.05, 3.63) is 57.9 Å². The molecule has 0 aliphatic rings. The van der Waals surface area contributed by atoms with Crippen LogP contribution in [0.1, 0.15) is 41.5 Å². The van der Waals surface area contributed by atoms with Crippen LogP contribution in [-0.4, -0.2) is 68.9 Å². The number of amides is 2. The molecule has 0 unspecified atom stereocenters. The molecule has 0 radical (unpaired) electrons. The van der Waals surface area contributed by atoms with E-state index in [-0.39, 0.29) is 38.8 Å². The predicted molar refractivity (Wildman–Crippen MR) is 171 cm³/mol. The van der Waals surface area contributed by atoms with Crippen molar-refractivity contribution in [1.29, 1.82) is 0 Å². The number of carbonyl (C=O) groups is 2. The topological polar surface area (TPSA) is 121 Å². The van der Waals surface area contributed by atoms with E-state index in [0.29, 0.717) is 6.54 Å². The zero-order valence-corrected chi connectivity index (χ0v) is 28.5. The van der Waals surface area contributed by atoms with Crippen LogP contribution in [0.25, 0.3) is 0 Å². The number of hydrogen-bond donors (Lipinski definition) is 1. The number of likely N-dealkylation sites (N-methyl/N-ethyl adjacent to an activating group) is 1. The Morgan fingerprint density at radius 2 is 1.58 bits per heavy atom. The van der Waals surface area contributed by atoms with E-state index in [1.165, 1.54) is 21.9 Å². The maximum Gasteiger partial charge on any atom is 0.430 e. The zero-order chi connectivity index (χ0) is 33.9. The molecule has 1 N–H and O–H groups in total. The second kappa shape index (κ2) is 13.8. The SMILES string of the molecule is CN(C)CCN(C(=O)OC(C)(C)C)c1cc(F)ccc1Nc1cc(F)c(S(=O)(=O)N(C(=O)OC(C)(C)C)c2cscn2)cc1Cl. The van der Waals surface area contributed by atoms with Crippen LogP contribution in [0.15, 0.2) is 46.1 Å². The minimum absolute atomic E-state index is 0.0684.